The molecule has 1 amide bonds. The molecular formula is C11H15N3O5S2. The predicted molar refractivity (Wildman–Crippen MR) is 77.0 cm³/mol. The molecule has 1 aliphatic heterocycles. The Labute approximate surface area is 125 Å². The number of carboxylic acid groups (broad SMARTS) is 1. The summed E-state index contributed by atoms with van der Waals surface area (Å²) in [5.74, 6) is -1.71. The van der Waals surface area contributed by atoms with Gasteiger partial charge in [-0.1, -0.05) is 0 Å². The Kier molecular flexibility index (Phi) is 4.91. The summed E-state index contributed by atoms with van der Waals surface area (Å²) < 4.78 is 23.2. The third-order valence-electron chi connectivity index (χ3n) is 3.09. The molecule has 10 heteroatoms. The van der Waals surface area contributed by atoms with Crippen molar-refractivity contribution in [2.75, 3.05) is 29.9 Å². The molecule has 8 nitrogen and oxygen atoms in total. The molecule has 21 heavy (non-hydrogen) atoms. The second-order valence-corrected chi connectivity index (χ2v) is 7.85. The largest absolute Gasteiger partial charge is 0.481 e. The number of carbonyl (C=O) groups is 2. The Morgan fingerprint density at radius 1 is 1.52 bits per heavy atom. The molecule has 1 atom stereocenters. The first kappa shape index (κ1) is 15.9. The Morgan fingerprint density at radius 3 is 2.90 bits per heavy atom. The first-order chi connectivity index (χ1) is 9.85. The van der Waals surface area contributed by atoms with E-state index in [0.29, 0.717) is 5.13 Å². The maximum absolute atomic E-state index is 11.9. The Morgan fingerprint density at radius 2 is 2.29 bits per heavy atom. The van der Waals surface area contributed by atoms with Crippen LogP contribution in [0, 0.1) is 0 Å². The molecule has 1 fully saturated rings. The minimum absolute atomic E-state index is 0.0486. The van der Waals surface area contributed by atoms with Crippen LogP contribution in [0.25, 0.3) is 0 Å². The summed E-state index contributed by atoms with van der Waals surface area (Å²) in [6.07, 6.45) is 1.25. The molecule has 1 saturated heterocycles. The van der Waals surface area contributed by atoms with E-state index in [1.54, 1.807) is 16.5 Å². The molecule has 1 aromatic rings. The quantitative estimate of drug-likeness (QED) is 0.756. The van der Waals surface area contributed by atoms with Gasteiger partial charge in [0, 0.05) is 24.2 Å². The van der Waals surface area contributed by atoms with E-state index in [0.717, 1.165) is 0 Å². The Balaban J connectivity index is 1.99. The number of hydrogen-bond acceptors (Lipinski definition) is 7. The van der Waals surface area contributed by atoms with Gasteiger partial charge in [0.2, 0.25) is 5.91 Å². The fraction of sp³-hybridized carbons (Fsp3) is 0.545. The molecule has 0 radical (unpaired) electrons. The monoisotopic (exact) mass is 333 g/mol. The van der Waals surface area contributed by atoms with Gasteiger partial charge >= 0.3 is 5.97 Å². The first-order valence-corrected chi connectivity index (χ1v) is 8.91. The lowest BCUT2D eigenvalue weighted by Crippen LogP contribution is -2.51. The van der Waals surface area contributed by atoms with Crippen molar-refractivity contribution in [3.05, 3.63) is 11.6 Å². The number of anilines is 1. The highest BCUT2D eigenvalue weighted by atomic mass is 32.2. The molecule has 1 aromatic heterocycles. The zero-order valence-corrected chi connectivity index (χ0v) is 12.7. The molecule has 1 aliphatic rings. The maximum Gasteiger partial charge on any atom is 0.304 e. The fourth-order valence-electron chi connectivity index (χ4n) is 2.15. The van der Waals surface area contributed by atoms with Crippen molar-refractivity contribution in [2.24, 2.45) is 0 Å². The normalized spacial score (nSPS) is 21.8. The van der Waals surface area contributed by atoms with Crippen LogP contribution >= 0.6 is 11.3 Å². The van der Waals surface area contributed by atoms with Gasteiger partial charge in [-0.3, -0.25) is 14.5 Å². The van der Waals surface area contributed by atoms with Crippen LogP contribution in [-0.4, -0.2) is 65.9 Å². The van der Waals surface area contributed by atoms with Crippen molar-refractivity contribution in [2.45, 2.75) is 12.5 Å². The van der Waals surface area contributed by atoms with Gasteiger partial charge in [-0.25, -0.2) is 13.4 Å². The number of carboxylic acids is 1. The van der Waals surface area contributed by atoms with Crippen LogP contribution in [-0.2, 0) is 19.4 Å². The number of aromatic nitrogens is 1. The predicted octanol–water partition coefficient (Wildman–Crippen LogP) is -0.345. The van der Waals surface area contributed by atoms with Gasteiger partial charge in [-0.05, 0) is 0 Å². The van der Waals surface area contributed by atoms with Crippen LogP contribution in [0.2, 0.25) is 0 Å². The van der Waals surface area contributed by atoms with Crippen LogP contribution in [0.15, 0.2) is 11.6 Å². The summed E-state index contributed by atoms with van der Waals surface area (Å²) in [6.45, 7) is 0.110. The van der Waals surface area contributed by atoms with Gasteiger partial charge in [-0.2, -0.15) is 0 Å². The zero-order chi connectivity index (χ0) is 15.5. The van der Waals surface area contributed by atoms with Gasteiger partial charge in [0.1, 0.15) is 0 Å². The highest BCUT2D eigenvalue weighted by Crippen LogP contribution is 2.16. The summed E-state index contributed by atoms with van der Waals surface area (Å²) >= 11 is 1.27. The zero-order valence-electron chi connectivity index (χ0n) is 11.1. The van der Waals surface area contributed by atoms with Crippen molar-refractivity contribution in [3.8, 4) is 0 Å². The summed E-state index contributed by atoms with van der Waals surface area (Å²) in [7, 11) is -3.24. The van der Waals surface area contributed by atoms with Crippen LogP contribution in [0.3, 0.4) is 0 Å². The lowest BCUT2D eigenvalue weighted by molar-refractivity contribution is -0.138. The first-order valence-electron chi connectivity index (χ1n) is 6.21. The van der Waals surface area contributed by atoms with E-state index < -0.39 is 21.8 Å². The SMILES string of the molecule is O=C(O)CC1CS(=O)(=O)CCN1CC(=O)Nc1nccs1. The van der Waals surface area contributed by atoms with E-state index in [-0.39, 0.29) is 36.9 Å². The number of sulfone groups is 1. The Bertz CT molecular complexity index is 614. The van der Waals surface area contributed by atoms with E-state index in [4.69, 9.17) is 5.11 Å². The van der Waals surface area contributed by atoms with Gasteiger partial charge in [0.05, 0.1) is 24.5 Å². The topological polar surface area (TPSA) is 117 Å². The molecule has 116 valence electrons. The standard InChI is InChI=1S/C11H15N3O5S2/c15-9(13-11-12-1-3-20-11)6-14-2-4-21(18,19)7-8(14)5-10(16)17/h1,3,8H,2,4-7H2,(H,16,17)(H,12,13,15). The molecule has 1 unspecified atom stereocenters. The van der Waals surface area contributed by atoms with Gasteiger partial charge in [0.15, 0.2) is 15.0 Å². The number of amides is 1. The van der Waals surface area contributed by atoms with Crippen molar-refractivity contribution in [1.82, 2.24) is 9.88 Å². The molecule has 0 aromatic carbocycles. The number of thiazole rings is 1. The molecular weight excluding hydrogens is 318 g/mol. The maximum atomic E-state index is 11.9. The number of carbonyl (C=O) groups excluding carboxylic acids is 1. The van der Waals surface area contributed by atoms with Crippen molar-refractivity contribution in [1.29, 1.82) is 0 Å². The van der Waals surface area contributed by atoms with E-state index >= 15 is 0 Å². The van der Waals surface area contributed by atoms with Crippen molar-refractivity contribution < 1.29 is 23.1 Å². The van der Waals surface area contributed by atoms with E-state index in [1.165, 1.54) is 11.3 Å². The summed E-state index contributed by atoms with van der Waals surface area (Å²) in [5.41, 5.74) is 0. The molecule has 0 bridgehead atoms. The molecule has 2 N–H and O–H groups in total. The molecule has 0 spiro atoms. The summed E-state index contributed by atoms with van der Waals surface area (Å²) in [4.78, 5) is 28.2. The minimum atomic E-state index is -3.24. The molecule has 2 heterocycles. The van der Waals surface area contributed by atoms with E-state index in [1.807, 2.05) is 0 Å². The number of hydrogen-bond donors (Lipinski definition) is 2. The van der Waals surface area contributed by atoms with Gasteiger partial charge in [-0.15, -0.1) is 11.3 Å². The van der Waals surface area contributed by atoms with Crippen molar-refractivity contribution in [3.63, 3.8) is 0 Å². The second kappa shape index (κ2) is 6.50. The van der Waals surface area contributed by atoms with E-state index in [9.17, 15) is 18.0 Å². The number of nitrogens with zero attached hydrogens (tertiary/aromatic N) is 2. The minimum Gasteiger partial charge on any atom is -0.481 e. The number of nitrogens with one attached hydrogen (secondary N) is 1. The van der Waals surface area contributed by atoms with Crippen LogP contribution in [0.1, 0.15) is 6.42 Å². The average molecular weight is 333 g/mol. The molecule has 0 aliphatic carbocycles. The van der Waals surface area contributed by atoms with Crippen molar-refractivity contribution >= 4 is 38.2 Å². The van der Waals surface area contributed by atoms with Crippen LogP contribution in [0.5, 0.6) is 0 Å². The summed E-state index contributed by atoms with van der Waals surface area (Å²) in [6, 6.07) is -0.678. The molecule has 2 rings (SSSR count). The lowest BCUT2D eigenvalue weighted by atomic mass is 10.2. The van der Waals surface area contributed by atoms with E-state index in [2.05, 4.69) is 10.3 Å². The van der Waals surface area contributed by atoms with Crippen LogP contribution < -0.4 is 5.32 Å². The number of aliphatic carboxylic acids is 1. The van der Waals surface area contributed by atoms with Gasteiger partial charge < -0.3 is 10.4 Å². The average Bonchev–Trinajstić information content (AvgIpc) is 2.84. The molecule has 0 saturated carbocycles. The smallest absolute Gasteiger partial charge is 0.304 e. The Hall–Kier alpha value is -1.52. The third kappa shape index (κ3) is 4.76. The number of rotatable bonds is 5. The lowest BCUT2D eigenvalue weighted by Gasteiger charge is -2.33. The fourth-order valence-corrected chi connectivity index (χ4v) is 4.29. The highest BCUT2D eigenvalue weighted by Gasteiger charge is 2.33. The van der Waals surface area contributed by atoms with Crippen LogP contribution in [0.4, 0.5) is 5.13 Å². The third-order valence-corrected chi connectivity index (χ3v) is 5.47. The summed E-state index contributed by atoms with van der Waals surface area (Å²) in [5, 5.41) is 13.6. The second-order valence-electron chi connectivity index (χ2n) is 4.72. The highest BCUT2D eigenvalue weighted by molar-refractivity contribution is 7.91. The van der Waals surface area contributed by atoms with Gasteiger partial charge in [0.25, 0.3) is 0 Å².